The maximum atomic E-state index is 13.4. The van der Waals surface area contributed by atoms with E-state index in [9.17, 15) is 14.4 Å². The summed E-state index contributed by atoms with van der Waals surface area (Å²) in [5.41, 5.74) is 0.0576. The van der Waals surface area contributed by atoms with E-state index in [1.165, 1.54) is 9.80 Å². The number of rotatable bonds is 5. The van der Waals surface area contributed by atoms with Crippen LogP contribution < -0.4 is 4.90 Å². The van der Waals surface area contributed by atoms with E-state index in [-0.39, 0.29) is 37.2 Å². The van der Waals surface area contributed by atoms with Crippen LogP contribution in [0.5, 0.6) is 0 Å². The minimum absolute atomic E-state index is 0.100. The third-order valence-corrected chi connectivity index (χ3v) is 5.27. The fourth-order valence-corrected chi connectivity index (χ4v) is 4.10. The van der Waals surface area contributed by atoms with Gasteiger partial charge in [-0.1, -0.05) is 31.1 Å². The molecule has 2 amide bonds. The van der Waals surface area contributed by atoms with Gasteiger partial charge in [-0.2, -0.15) is 0 Å². The molecule has 152 valence electrons. The summed E-state index contributed by atoms with van der Waals surface area (Å²) in [6.07, 6.45) is 0.347. The maximum absolute atomic E-state index is 13.4. The summed E-state index contributed by atoms with van der Waals surface area (Å²) in [5.74, 6) is -0.607. The Labute approximate surface area is 168 Å². The number of hydrogen-bond acceptors (Lipinski definition) is 6. The molecule has 0 radical (unpaired) electrons. The first-order valence-electron chi connectivity index (χ1n) is 9.68. The first kappa shape index (κ1) is 19.2. The van der Waals surface area contributed by atoms with Crippen molar-refractivity contribution in [3.8, 4) is 0 Å². The number of fused-ring (bicyclic) bond motifs is 3. The van der Waals surface area contributed by atoms with Crippen molar-refractivity contribution >= 4 is 23.5 Å². The molecule has 0 aliphatic carbocycles. The Morgan fingerprint density at radius 1 is 1.31 bits per heavy atom. The van der Waals surface area contributed by atoms with E-state index >= 15 is 0 Å². The first-order chi connectivity index (χ1) is 13.8. The summed E-state index contributed by atoms with van der Waals surface area (Å²) in [6, 6.07) is 8.56. The van der Waals surface area contributed by atoms with Crippen LogP contribution >= 0.6 is 0 Å². The Balaban J connectivity index is 1.76. The van der Waals surface area contributed by atoms with Gasteiger partial charge in [0, 0.05) is 25.5 Å². The highest BCUT2D eigenvalue weighted by Crippen LogP contribution is 2.45. The molecule has 0 bridgehead atoms. The number of aryl methyl sites for hydroxylation is 1. The summed E-state index contributed by atoms with van der Waals surface area (Å²) in [7, 11) is 0. The number of esters is 1. The molecule has 1 atom stereocenters. The number of anilines is 1. The summed E-state index contributed by atoms with van der Waals surface area (Å²) < 4.78 is 10.7. The third kappa shape index (κ3) is 2.99. The Hall–Kier alpha value is -3.16. The standard InChI is InChI=1S/C21H23N3O5/c1-13(2)11-23-19(26)16-6-4-5-7-17(16)24-18(25)8-9-21(23,24)20(27)28-12-15-10-14(3)22-29-15/h4-7,10,13H,8-9,11-12H2,1-3H3/t21-/m1/s1. The SMILES string of the molecule is Cc1cc(COC(=O)[C@@]23CCC(=O)N2c2ccccc2C(=O)N3CC(C)C)on1. The van der Waals surface area contributed by atoms with Crippen molar-refractivity contribution in [1.29, 1.82) is 0 Å². The molecule has 2 aromatic rings. The van der Waals surface area contributed by atoms with E-state index in [1.807, 2.05) is 13.8 Å². The van der Waals surface area contributed by atoms with Crippen LogP contribution in [-0.4, -0.2) is 40.0 Å². The Kier molecular flexibility index (Phi) is 4.64. The molecule has 1 fully saturated rings. The van der Waals surface area contributed by atoms with Crippen LogP contribution in [0.4, 0.5) is 5.69 Å². The topological polar surface area (TPSA) is 93.0 Å². The van der Waals surface area contributed by atoms with Crippen LogP contribution in [0.3, 0.4) is 0 Å². The van der Waals surface area contributed by atoms with Gasteiger partial charge in [0.1, 0.15) is 0 Å². The smallest absolute Gasteiger partial charge is 0.354 e. The van der Waals surface area contributed by atoms with Gasteiger partial charge in [0.15, 0.2) is 12.4 Å². The lowest BCUT2D eigenvalue weighted by molar-refractivity contribution is -0.159. The lowest BCUT2D eigenvalue weighted by Crippen LogP contribution is -2.69. The summed E-state index contributed by atoms with van der Waals surface area (Å²) in [6.45, 7) is 5.91. The molecule has 8 nitrogen and oxygen atoms in total. The van der Waals surface area contributed by atoms with Crippen molar-refractivity contribution < 1.29 is 23.6 Å². The number of nitrogens with zero attached hydrogens (tertiary/aromatic N) is 3. The molecule has 29 heavy (non-hydrogen) atoms. The van der Waals surface area contributed by atoms with Gasteiger partial charge < -0.3 is 14.2 Å². The molecule has 1 aromatic heterocycles. The van der Waals surface area contributed by atoms with Gasteiger partial charge in [0.2, 0.25) is 11.6 Å². The van der Waals surface area contributed by atoms with E-state index in [0.717, 1.165) is 0 Å². The summed E-state index contributed by atoms with van der Waals surface area (Å²) in [4.78, 5) is 42.5. The number of amides is 2. The van der Waals surface area contributed by atoms with Gasteiger partial charge in [-0.05, 0) is 25.0 Å². The molecule has 4 rings (SSSR count). The van der Waals surface area contributed by atoms with Crippen molar-refractivity contribution in [1.82, 2.24) is 10.1 Å². The summed E-state index contributed by atoms with van der Waals surface area (Å²) >= 11 is 0. The van der Waals surface area contributed by atoms with Gasteiger partial charge in [-0.3, -0.25) is 14.5 Å². The first-order valence-corrected chi connectivity index (χ1v) is 9.68. The van der Waals surface area contributed by atoms with Crippen LogP contribution in [0.2, 0.25) is 0 Å². The Morgan fingerprint density at radius 2 is 2.07 bits per heavy atom. The molecule has 2 aliphatic rings. The van der Waals surface area contributed by atoms with Crippen LogP contribution in [0.15, 0.2) is 34.9 Å². The van der Waals surface area contributed by atoms with Crippen molar-refractivity contribution in [3.63, 3.8) is 0 Å². The Morgan fingerprint density at radius 3 is 2.76 bits per heavy atom. The van der Waals surface area contributed by atoms with E-state index in [1.54, 1.807) is 37.3 Å². The predicted octanol–water partition coefficient (Wildman–Crippen LogP) is 2.66. The molecule has 0 N–H and O–H groups in total. The van der Waals surface area contributed by atoms with E-state index in [2.05, 4.69) is 5.16 Å². The van der Waals surface area contributed by atoms with E-state index in [4.69, 9.17) is 9.26 Å². The molecular formula is C21H23N3O5. The summed E-state index contributed by atoms with van der Waals surface area (Å²) in [5, 5.41) is 3.78. The molecular weight excluding hydrogens is 374 g/mol. The number of carbonyl (C=O) groups is 3. The molecule has 0 unspecified atom stereocenters. The molecule has 0 spiro atoms. The van der Waals surface area contributed by atoms with Gasteiger partial charge in [0.25, 0.3) is 5.91 Å². The monoisotopic (exact) mass is 397 g/mol. The van der Waals surface area contributed by atoms with Gasteiger partial charge in [0.05, 0.1) is 16.9 Å². The zero-order valence-corrected chi connectivity index (χ0v) is 16.7. The second-order valence-corrected chi connectivity index (χ2v) is 7.88. The predicted molar refractivity (Wildman–Crippen MR) is 103 cm³/mol. The van der Waals surface area contributed by atoms with Crippen molar-refractivity contribution in [3.05, 3.63) is 47.3 Å². The molecule has 1 aromatic carbocycles. The van der Waals surface area contributed by atoms with Crippen molar-refractivity contribution in [2.24, 2.45) is 5.92 Å². The third-order valence-electron chi connectivity index (χ3n) is 5.27. The Bertz CT molecular complexity index is 982. The van der Waals surface area contributed by atoms with Crippen LogP contribution in [0.25, 0.3) is 0 Å². The molecule has 2 aliphatic heterocycles. The van der Waals surface area contributed by atoms with Crippen molar-refractivity contribution in [2.45, 2.75) is 45.9 Å². The number of ether oxygens (including phenoxy) is 1. The normalized spacial score (nSPS) is 20.8. The number of benzene rings is 1. The minimum atomic E-state index is -1.48. The fraction of sp³-hybridized carbons (Fsp3) is 0.429. The van der Waals surface area contributed by atoms with Crippen LogP contribution in [0.1, 0.15) is 48.5 Å². The van der Waals surface area contributed by atoms with Gasteiger partial charge in [-0.25, -0.2) is 4.79 Å². The highest BCUT2D eigenvalue weighted by atomic mass is 16.6. The highest BCUT2D eigenvalue weighted by molar-refractivity contribution is 6.15. The van der Waals surface area contributed by atoms with E-state index in [0.29, 0.717) is 29.2 Å². The molecule has 8 heteroatoms. The number of hydrogen-bond donors (Lipinski definition) is 0. The second-order valence-electron chi connectivity index (χ2n) is 7.88. The quantitative estimate of drug-likeness (QED) is 0.720. The van der Waals surface area contributed by atoms with Crippen molar-refractivity contribution in [2.75, 3.05) is 11.4 Å². The highest BCUT2D eigenvalue weighted by Gasteiger charge is 2.62. The second kappa shape index (κ2) is 7.02. The maximum Gasteiger partial charge on any atom is 0.354 e. The van der Waals surface area contributed by atoms with Gasteiger partial charge in [-0.15, -0.1) is 0 Å². The average molecular weight is 397 g/mol. The lowest BCUT2D eigenvalue weighted by Gasteiger charge is -2.48. The number of para-hydroxylation sites is 1. The zero-order chi connectivity index (χ0) is 20.8. The average Bonchev–Trinajstić information content (AvgIpc) is 3.27. The van der Waals surface area contributed by atoms with Crippen LogP contribution in [0, 0.1) is 12.8 Å². The molecule has 0 saturated carbocycles. The fourth-order valence-electron chi connectivity index (χ4n) is 4.10. The number of aromatic nitrogens is 1. The minimum Gasteiger partial charge on any atom is -0.454 e. The zero-order valence-electron chi connectivity index (χ0n) is 16.7. The lowest BCUT2D eigenvalue weighted by atomic mass is 9.95. The van der Waals surface area contributed by atoms with Crippen LogP contribution in [-0.2, 0) is 20.9 Å². The molecule has 3 heterocycles. The van der Waals surface area contributed by atoms with E-state index < -0.39 is 11.6 Å². The molecule has 1 saturated heterocycles. The van der Waals surface area contributed by atoms with Gasteiger partial charge >= 0.3 is 5.97 Å². The number of carbonyl (C=O) groups excluding carboxylic acids is 3. The largest absolute Gasteiger partial charge is 0.454 e.